The van der Waals surface area contributed by atoms with Gasteiger partial charge in [-0.05, 0) is 53.9 Å². The Morgan fingerprint density at radius 1 is 0.871 bits per heavy atom. The van der Waals surface area contributed by atoms with Crippen LogP contribution in [0.4, 0.5) is 5.69 Å². The number of anilines is 1. The van der Waals surface area contributed by atoms with E-state index in [1.54, 1.807) is 50.6 Å². The van der Waals surface area contributed by atoms with Gasteiger partial charge in [-0.15, -0.1) is 0 Å². The maximum absolute atomic E-state index is 12.7. The Labute approximate surface area is 189 Å². The standard InChI is InChI=1S/C24H25NO4S2/c1-17-6-4-5-7-22(17)25-31(26,27)21-11-8-18(9-12-21)14-20(30)15-19-10-13-23(28-2)24(16-19)29-3/h4-13,16,25H,14-15H2,1-3H3. The van der Waals surface area contributed by atoms with Crippen molar-refractivity contribution in [3.63, 3.8) is 0 Å². The molecular weight excluding hydrogens is 430 g/mol. The summed E-state index contributed by atoms with van der Waals surface area (Å²) in [6, 6.07) is 19.8. The third-order valence-electron chi connectivity index (χ3n) is 4.87. The fourth-order valence-corrected chi connectivity index (χ4v) is 4.65. The van der Waals surface area contributed by atoms with Gasteiger partial charge in [0, 0.05) is 17.7 Å². The van der Waals surface area contributed by atoms with Crippen LogP contribution >= 0.6 is 12.2 Å². The first-order valence-electron chi connectivity index (χ1n) is 9.72. The Kier molecular flexibility index (Phi) is 7.30. The molecule has 1 N–H and O–H groups in total. The highest BCUT2D eigenvalue weighted by molar-refractivity contribution is 7.92. The quantitative estimate of drug-likeness (QED) is 0.462. The van der Waals surface area contributed by atoms with E-state index in [4.69, 9.17) is 21.7 Å². The van der Waals surface area contributed by atoms with E-state index in [0.29, 0.717) is 30.0 Å². The molecule has 3 aromatic rings. The molecule has 0 saturated heterocycles. The highest BCUT2D eigenvalue weighted by Crippen LogP contribution is 2.28. The lowest BCUT2D eigenvalue weighted by atomic mass is 10.0. The summed E-state index contributed by atoms with van der Waals surface area (Å²) in [5.41, 5.74) is 3.43. The van der Waals surface area contributed by atoms with Crippen molar-refractivity contribution in [2.45, 2.75) is 24.7 Å². The van der Waals surface area contributed by atoms with Crippen LogP contribution < -0.4 is 14.2 Å². The third-order valence-corrected chi connectivity index (χ3v) is 6.54. The second-order valence-corrected chi connectivity index (χ2v) is 9.41. The smallest absolute Gasteiger partial charge is 0.261 e. The Bertz CT molecular complexity index is 1170. The molecule has 0 aromatic heterocycles. The number of aryl methyl sites for hydroxylation is 1. The maximum Gasteiger partial charge on any atom is 0.261 e. The lowest BCUT2D eigenvalue weighted by Gasteiger charge is -2.12. The minimum atomic E-state index is -3.65. The second-order valence-electron chi connectivity index (χ2n) is 7.15. The van der Waals surface area contributed by atoms with Gasteiger partial charge >= 0.3 is 0 Å². The van der Waals surface area contributed by atoms with Crippen molar-refractivity contribution in [1.29, 1.82) is 0 Å². The molecule has 0 aliphatic heterocycles. The van der Waals surface area contributed by atoms with Crippen molar-refractivity contribution in [2.24, 2.45) is 0 Å². The van der Waals surface area contributed by atoms with Crippen LogP contribution in [0.15, 0.2) is 71.6 Å². The summed E-state index contributed by atoms with van der Waals surface area (Å²) in [4.78, 5) is 1.06. The summed E-state index contributed by atoms with van der Waals surface area (Å²) in [5.74, 6) is 1.34. The van der Waals surface area contributed by atoms with Crippen molar-refractivity contribution in [2.75, 3.05) is 18.9 Å². The average molecular weight is 456 g/mol. The fraction of sp³-hybridized carbons (Fsp3) is 0.208. The van der Waals surface area contributed by atoms with Gasteiger partial charge in [-0.1, -0.05) is 48.6 Å². The summed E-state index contributed by atoms with van der Waals surface area (Å²) in [5, 5.41) is 0. The van der Waals surface area contributed by atoms with E-state index in [1.165, 1.54) is 0 Å². The van der Waals surface area contributed by atoms with Gasteiger partial charge in [0.25, 0.3) is 10.0 Å². The minimum Gasteiger partial charge on any atom is -0.493 e. The molecule has 7 heteroatoms. The molecule has 0 radical (unpaired) electrons. The van der Waals surface area contributed by atoms with E-state index in [1.807, 2.05) is 37.3 Å². The van der Waals surface area contributed by atoms with Crippen LogP contribution in [0.1, 0.15) is 16.7 Å². The summed E-state index contributed by atoms with van der Waals surface area (Å²) < 4.78 is 38.6. The van der Waals surface area contributed by atoms with E-state index in [9.17, 15) is 8.42 Å². The molecule has 0 heterocycles. The number of hydrogen-bond donors (Lipinski definition) is 1. The van der Waals surface area contributed by atoms with Crippen molar-refractivity contribution in [1.82, 2.24) is 0 Å². The SMILES string of the molecule is COc1ccc(CC(=S)Cc2ccc(S(=O)(=O)Nc3ccccc3C)cc2)cc1OC. The third kappa shape index (κ3) is 5.83. The fourth-order valence-electron chi connectivity index (χ4n) is 3.19. The number of methoxy groups -OCH3 is 2. The first-order chi connectivity index (χ1) is 14.8. The molecule has 0 aliphatic carbocycles. The number of benzene rings is 3. The lowest BCUT2D eigenvalue weighted by Crippen LogP contribution is -2.14. The lowest BCUT2D eigenvalue weighted by molar-refractivity contribution is 0.354. The first-order valence-corrected chi connectivity index (χ1v) is 11.6. The average Bonchev–Trinajstić information content (AvgIpc) is 2.75. The maximum atomic E-state index is 12.7. The van der Waals surface area contributed by atoms with Crippen LogP contribution in [0.25, 0.3) is 0 Å². The van der Waals surface area contributed by atoms with Gasteiger partial charge < -0.3 is 9.47 Å². The number of para-hydroxylation sites is 1. The number of thiocarbonyl (C=S) groups is 1. The van der Waals surface area contributed by atoms with Crippen LogP contribution in [0, 0.1) is 6.92 Å². The predicted molar refractivity (Wildman–Crippen MR) is 128 cm³/mol. The van der Waals surface area contributed by atoms with Crippen molar-refractivity contribution >= 4 is 32.8 Å². The van der Waals surface area contributed by atoms with Crippen molar-refractivity contribution in [3.8, 4) is 11.5 Å². The van der Waals surface area contributed by atoms with Gasteiger partial charge in [-0.2, -0.15) is 0 Å². The molecule has 0 fully saturated rings. The van der Waals surface area contributed by atoms with Crippen LogP contribution in [0.3, 0.4) is 0 Å². The van der Waals surface area contributed by atoms with Gasteiger partial charge in [-0.25, -0.2) is 8.42 Å². The number of nitrogens with one attached hydrogen (secondary N) is 1. The van der Waals surface area contributed by atoms with Crippen LogP contribution in [-0.2, 0) is 22.9 Å². The van der Waals surface area contributed by atoms with E-state index in [2.05, 4.69) is 4.72 Å². The van der Waals surface area contributed by atoms with Gasteiger partial charge in [0.1, 0.15) is 0 Å². The molecule has 0 bridgehead atoms. The highest BCUT2D eigenvalue weighted by Gasteiger charge is 2.15. The normalized spacial score (nSPS) is 11.1. The summed E-state index contributed by atoms with van der Waals surface area (Å²) >= 11 is 5.56. The van der Waals surface area contributed by atoms with E-state index in [-0.39, 0.29) is 4.90 Å². The highest BCUT2D eigenvalue weighted by atomic mass is 32.2. The number of ether oxygens (including phenoxy) is 2. The molecule has 0 spiro atoms. The zero-order chi connectivity index (χ0) is 22.4. The van der Waals surface area contributed by atoms with E-state index >= 15 is 0 Å². The number of sulfonamides is 1. The molecule has 0 saturated carbocycles. The molecular formula is C24H25NO4S2. The second kappa shape index (κ2) is 9.94. The summed E-state index contributed by atoms with van der Waals surface area (Å²) in [7, 11) is -0.452. The molecule has 0 aliphatic rings. The van der Waals surface area contributed by atoms with E-state index in [0.717, 1.165) is 21.6 Å². The monoisotopic (exact) mass is 455 g/mol. The summed E-state index contributed by atoms with van der Waals surface area (Å²) in [6.45, 7) is 1.86. The predicted octanol–water partition coefficient (Wildman–Crippen LogP) is 4.97. The van der Waals surface area contributed by atoms with Gasteiger partial charge in [-0.3, -0.25) is 4.72 Å². The Morgan fingerprint density at radius 2 is 1.48 bits per heavy atom. The molecule has 3 rings (SSSR count). The summed E-state index contributed by atoms with van der Waals surface area (Å²) in [6.07, 6.45) is 1.19. The molecule has 5 nitrogen and oxygen atoms in total. The molecule has 31 heavy (non-hydrogen) atoms. The minimum absolute atomic E-state index is 0.213. The Hall–Kier alpha value is -2.90. The van der Waals surface area contributed by atoms with Gasteiger partial charge in [0.2, 0.25) is 0 Å². The topological polar surface area (TPSA) is 64.6 Å². The molecule has 162 valence electrons. The van der Waals surface area contributed by atoms with Gasteiger partial charge in [0.05, 0.1) is 24.8 Å². The molecule has 0 unspecified atom stereocenters. The molecule has 0 atom stereocenters. The van der Waals surface area contributed by atoms with Crippen LogP contribution in [0.5, 0.6) is 11.5 Å². The number of rotatable bonds is 9. The zero-order valence-electron chi connectivity index (χ0n) is 17.7. The largest absolute Gasteiger partial charge is 0.493 e. The molecule has 0 amide bonds. The van der Waals surface area contributed by atoms with Gasteiger partial charge in [0.15, 0.2) is 11.5 Å². The molecule has 3 aromatic carbocycles. The van der Waals surface area contributed by atoms with Crippen molar-refractivity contribution < 1.29 is 17.9 Å². The Morgan fingerprint density at radius 3 is 2.13 bits per heavy atom. The van der Waals surface area contributed by atoms with Crippen LogP contribution in [0.2, 0.25) is 0 Å². The van der Waals surface area contributed by atoms with E-state index < -0.39 is 10.0 Å². The Balaban J connectivity index is 1.66. The zero-order valence-corrected chi connectivity index (χ0v) is 19.3. The van der Waals surface area contributed by atoms with Crippen molar-refractivity contribution in [3.05, 3.63) is 83.4 Å². The first kappa shape index (κ1) is 22.8. The van der Waals surface area contributed by atoms with Crippen LogP contribution in [-0.4, -0.2) is 27.5 Å². The number of hydrogen-bond acceptors (Lipinski definition) is 5.